The smallest absolute Gasteiger partial charge is 0.0700 e. The second-order valence-corrected chi connectivity index (χ2v) is 3.33. The topological polar surface area (TPSA) is 50.7 Å². The van der Waals surface area contributed by atoms with Crippen molar-refractivity contribution >= 4 is 0 Å². The van der Waals surface area contributed by atoms with Crippen molar-refractivity contribution in [3.05, 3.63) is 0 Å². The van der Waals surface area contributed by atoms with E-state index < -0.39 is 0 Å². The maximum absolute atomic E-state index is 8.62. The number of rotatable bonds is 10. The van der Waals surface area contributed by atoms with Crippen molar-refractivity contribution < 1.29 is 14.6 Å². The normalized spacial score (nSPS) is 13.1. The maximum atomic E-state index is 8.62. The molecule has 2 N–H and O–H groups in total. The van der Waals surface area contributed by atoms with Crippen molar-refractivity contribution in [2.75, 3.05) is 40.1 Å². The van der Waals surface area contributed by atoms with Crippen LogP contribution >= 0.6 is 0 Å². The van der Waals surface area contributed by atoms with Gasteiger partial charge < -0.3 is 19.9 Å². The van der Waals surface area contributed by atoms with Crippen molar-refractivity contribution in [3.8, 4) is 0 Å². The molecule has 0 saturated carbocycles. The third-order valence-corrected chi connectivity index (χ3v) is 1.97. The van der Waals surface area contributed by atoms with Crippen LogP contribution in [-0.2, 0) is 9.47 Å². The predicted octanol–water partition coefficient (Wildman–Crippen LogP) is 0.400. The third-order valence-electron chi connectivity index (χ3n) is 1.97. The zero-order valence-corrected chi connectivity index (χ0v) is 9.29. The first kappa shape index (κ1) is 13.8. The number of methoxy groups -OCH3 is 1. The molecule has 0 aliphatic rings. The summed E-state index contributed by atoms with van der Waals surface area (Å²) >= 11 is 0. The Morgan fingerprint density at radius 2 is 2.07 bits per heavy atom. The van der Waals surface area contributed by atoms with Gasteiger partial charge in [-0.05, 0) is 19.8 Å². The molecule has 0 radical (unpaired) electrons. The van der Waals surface area contributed by atoms with Crippen LogP contribution in [0.15, 0.2) is 0 Å². The molecule has 0 spiro atoms. The van der Waals surface area contributed by atoms with Crippen molar-refractivity contribution in [2.24, 2.45) is 0 Å². The largest absolute Gasteiger partial charge is 0.396 e. The van der Waals surface area contributed by atoms with Gasteiger partial charge in [-0.1, -0.05) is 0 Å². The fourth-order valence-electron chi connectivity index (χ4n) is 1.12. The van der Waals surface area contributed by atoms with Gasteiger partial charge in [-0.25, -0.2) is 0 Å². The molecule has 14 heavy (non-hydrogen) atoms. The quantitative estimate of drug-likeness (QED) is 0.507. The van der Waals surface area contributed by atoms with Gasteiger partial charge in [0.05, 0.1) is 19.8 Å². The molecule has 0 aliphatic carbocycles. The van der Waals surface area contributed by atoms with E-state index in [1.165, 1.54) is 0 Å². The van der Waals surface area contributed by atoms with Crippen molar-refractivity contribution in [2.45, 2.75) is 25.8 Å². The fourth-order valence-corrected chi connectivity index (χ4v) is 1.12. The van der Waals surface area contributed by atoms with Crippen LogP contribution < -0.4 is 5.32 Å². The highest BCUT2D eigenvalue weighted by Gasteiger charge is 1.99. The Bertz CT molecular complexity index is 112. The molecule has 0 heterocycles. The number of aliphatic hydroxyl groups excluding tert-OH is 1. The number of nitrogens with one attached hydrogen (secondary N) is 1. The Labute approximate surface area is 86.6 Å². The van der Waals surface area contributed by atoms with E-state index >= 15 is 0 Å². The van der Waals surface area contributed by atoms with Gasteiger partial charge >= 0.3 is 0 Å². The highest BCUT2D eigenvalue weighted by molar-refractivity contribution is 4.59. The first-order valence-electron chi connectivity index (χ1n) is 5.22. The second-order valence-electron chi connectivity index (χ2n) is 3.33. The number of hydrogen-bond donors (Lipinski definition) is 2. The van der Waals surface area contributed by atoms with Gasteiger partial charge in [0.25, 0.3) is 0 Å². The lowest BCUT2D eigenvalue weighted by Crippen LogP contribution is -2.29. The predicted molar refractivity (Wildman–Crippen MR) is 56.5 cm³/mol. The minimum atomic E-state index is 0.274. The van der Waals surface area contributed by atoms with E-state index in [-0.39, 0.29) is 6.61 Å². The molecule has 4 nitrogen and oxygen atoms in total. The molecule has 1 atom stereocenters. The van der Waals surface area contributed by atoms with Gasteiger partial charge in [0, 0.05) is 26.3 Å². The molecular weight excluding hydrogens is 182 g/mol. The number of ether oxygens (including phenoxy) is 2. The van der Waals surface area contributed by atoms with E-state index in [0.717, 1.165) is 19.4 Å². The molecule has 0 aliphatic heterocycles. The number of aliphatic hydroxyl groups is 1. The Morgan fingerprint density at radius 1 is 1.29 bits per heavy atom. The second kappa shape index (κ2) is 10.9. The van der Waals surface area contributed by atoms with Crippen LogP contribution in [0.5, 0.6) is 0 Å². The zero-order valence-electron chi connectivity index (χ0n) is 9.29. The van der Waals surface area contributed by atoms with Crippen LogP contribution in [0.3, 0.4) is 0 Å². The maximum Gasteiger partial charge on any atom is 0.0700 e. The summed E-state index contributed by atoms with van der Waals surface area (Å²) < 4.78 is 10.1. The summed E-state index contributed by atoms with van der Waals surface area (Å²) in [4.78, 5) is 0. The molecule has 4 heteroatoms. The molecule has 0 fully saturated rings. The van der Waals surface area contributed by atoms with Crippen LogP contribution in [0.1, 0.15) is 19.8 Å². The van der Waals surface area contributed by atoms with E-state index in [2.05, 4.69) is 12.2 Å². The molecular formula is C10H23NO3. The van der Waals surface area contributed by atoms with Crippen LogP contribution in [-0.4, -0.2) is 51.2 Å². The minimum absolute atomic E-state index is 0.274. The molecule has 0 bridgehead atoms. The Hall–Kier alpha value is -0.160. The zero-order chi connectivity index (χ0) is 10.6. The highest BCUT2D eigenvalue weighted by atomic mass is 16.5. The van der Waals surface area contributed by atoms with Gasteiger partial charge in [0.15, 0.2) is 0 Å². The monoisotopic (exact) mass is 205 g/mol. The van der Waals surface area contributed by atoms with Gasteiger partial charge in [0.1, 0.15) is 0 Å². The lowest BCUT2D eigenvalue weighted by Gasteiger charge is -2.12. The summed E-state index contributed by atoms with van der Waals surface area (Å²) in [6.07, 6.45) is 1.87. The van der Waals surface area contributed by atoms with Crippen molar-refractivity contribution in [1.29, 1.82) is 0 Å². The van der Waals surface area contributed by atoms with Crippen molar-refractivity contribution in [1.82, 2.24) is 5.32 Å². The Balaban J connectivity index is 3.02. The van der Waals surface area contributed by atoms with Gasteiger partial charge in [-0.2, -0.15) is 0 Å². The summed E-state index contributed by atoms with van der Waals surface area (Å²) in [5.41, 5.74) is 0. The molecule has 0 aromatic heterocycles. The highest BCUT2D eigenvalue weighted by Crippen LogP contribution is 1.94. The summed E-state index contributed by atoms with van der Waals surface area (Å²) in [6, 6.07) is 0.452. The van der Waals surface area contributed by atoms with Gasteiger partial charge in [-0.3, -0.25) is 0 Å². The molecule has 0 saturated heterocycles. The van der Waals surface area contributed by atoms with E-state index in [1.54, 1.807) is 7.11 Å². The average Bonchev–Trinajstić information content (AvgIpc) is 2.20. The lowest BCUT2D eigenvalue weighted by atomic mass is 10.2. The Kier molecular flexibility index (Phi) is 10.8. The van der Waals surface area contributed by atoms with E-state index in [0.29, 0.717) is 25.9 Å². The van der Waals surface area contributed by atoms with Crippen molar-refractivity contribution in [3.63, 3.8) is 0 Å². The fraction of sp³-hybridized carbons (Fsp3) is 1.00. The first-order valence-corrected chi connectivity index (χ1v) is 5.22. The summed E-state index contributed by atoms with van der Waals surface area (Å²) in [6.45, 7) is 5.27. The first-order chi connectivity index (χ1) is 6.81. The number of hydrogen-bond acceptors (Lipinski definition) is 4. The Morgan fingerprint density at radius 3 is 2.71 bits per heavy atom. The van der Waals surface area contributed by atoms with Crippen LogP contribution in [0, 0.1) is 0 Å². The van der Waals surface area contributed by atoms with E-state index in [9.17, 15) is 0 Å². The van der Waals surface area contributed by atoms with Crippen LogP contribution in [0.2, 0.25) is 0 Å². The minimum Gasteiger partial charge on any atom is -0.396 e. The third kappa shape index (κ3) is 9.92. The molecule has 0 amide bonds. The lowest BCUT2D eigenvalue weighted by molar-refractivity contribution is 0.0710. The van der Waals surface area contributed by atoms with E-state index in [1.807, 2.05) is 0 Å². The van der Waals surface area contributed by atoms with Gasteiger partial charge in [0.2, 0.25) is 0 Å². The summed E-state index contributed by atoms with van der Waals surface area (Å²) in [7, 11) is 1.67. The molecule has 1 unspecified atom stereocenters. The summed E-state index contributed by atoms with van der Waals surface area (Å²) in [5.74, 6) is 0. The molecule has 0 aromatic rings. The van der Waals surface area contributed by atoms with E-state index in [4.69, 9.17) is 14.6 Å². The van der Waals surface area contributed by atoms with Gasteiger partial charge in [-0.15, -0.1) is 0 Å². The SMILES string of the molecule is COCCOCCNC(C)CCCO. The molecule has 86 valence electrons. The molecule has 0 rings (SSSR count). The standard InChI is InChI=1S/C10H23NO3/c1-10(4-3-6-12)11-5-7-14-9-8-13-2/h10-12H,3-9H2,1-2H3. The molecule has 0 aromatic carbocycles. The van der Waals surface area contributed by atoms with Crippen LogP contribution in [0.25, 0.3) is 0 Å². The summed E-state index contributed by atoms with van der Waals surface area (Å²) in [5, 5.41) is 11.9. The van der Waals surface area contributed by atoms with Crippen LogP contribution in [0.4, 0.5) is 0 Å². The average molecular weight is 205 g/mol.